The normalized spacial score (nSPS) is 17.3. The fourth-order valence-corrected chi connectivity index (χ4v) is 3.64. The minimum absolute atomic E-state index is 0.159. The van der Waals surface area contributed by atoms with Crippen LogP contribution in [0.1, 0.15) is 11.1 Å². The number of carbonyl (C=O) groups is 1. The Morgan fingerprint density at radius 3 is 2.50 bits per heavy atom. The number of benzene rings is 1. The van der Waals surface area contributed by atoms with Crippen LogP contribution in [-0.4, -0.2) is 18.3 Å². The van der Waals surface area contributed by atoms with Crippen LogP contribution in [0.5, 0.6) is 0 Å². The summed E-state index contributed by atoms with van der Waals surface area (Å²) in [6.07, 6.45) is 8.05. The highest BCUT2D eigenvalue weighted by molar-refractivity contribution is 8.04. The number of fused-ring (bicyclic) bond motifs is 3. The molecule has 0 N–H and O–H groups in total. The molecule has 3 rings (SSSR count). The van der Waals surface area contributed by atoms with Crippen LogP contribution in [-0.2, 0) is 4.79 Å². The van der Waals surface area contributed by atoms with Crippen LogP contribution < -0.4 is 0 Å². The lowest BCUT2D eigenvalue weighted by Gasteiger charge is -2.17. The van der Waals surface area contributed by atoms with Crippen molar-refractivity contribution < 1.29 is 4.79 Å². The topological polar surface area (TPSA) is 17.1 Å². The minimum atomic E-state index is 0.159. The zero-order chi connectivity index (χ0) is 12.7. The molecule has 1 aromatic carbocycles. The summed E-state index contributed by atoms with van der Waals surface area (Å²) in [6, 6.07) is 8.20. The maximum absolute atomic E-state index is 12.4. The second kappa shape index (κ2) is 4.48. The molecule has 0 spiro atoms. The predicted octanol–water partition coefficient (Wildman–Crippen LogP) is 3.99. The molecule has 0 aliphatic heterocycles. The Hall–Kier alpha value is -1.19. The van der Waals surface area contributed by atoms with Crippen molar-refractivity contribution >= 4 is 41.0 Å². The fraction of sp³-hybridized carbons (Fsp3) is 0.133. The number of Topliss-reactive ketones (excluding diaryl/α,β-unsaturated/α-hetero) is 1. The van der Waals surface area contributed by atoms with Gasteiger partial charge in [0.2, 0.25) is 0 Å². The van der Waals surface area contributed by atoms with E-state index in [1.807, 2.05) is 30.5 Å². The summed E-state index contributed by atoms with van der Waals surface area (Å²) in [7, 11) is 0. The predicted molar refractivity (Wildman–Crippen MR) is 81.5 cm³/mol. The van der Waals surface area contributed by atoms with Gasteiger partial charge in [-0.3, -0.25) is 4.79 Å². The van der Waals surface area contributed by atoms with Gasteiger partial charge in [0.05, 0.1) is 4.91 Å². The van der Waals surface area contributed by atoms with E-state index in [1.165, 1.54) is 22.2 Å². The number of allylic oxidation sites excluding steroid dienone is 4. The van der Waals surface area contributed by atoms with Crippen molar-refractivity contribution in [3.8, 4) is 0 Å². The molecule has 2 aliphatic rings. The van der Waals surface area contributed by atoms with Gasteiger partial charge in [-0.05, 0) is 35.8 Å². The van der Waals surface area contributed by atoms with Gasteiger partial charge in [0, 0.05) is 16.1 Å². The second-order valence-electron chi connectivity index (χ2n) is 4.13. The SMILES string of the molecule is CSC1=CC(SC)=C2C(=Cc3ccccc32)C1=O. The van der Waals surface area contributed by atoms with Crippen LogP contribution in [0.4, 0.5) is 0 Å². The lowest BCUT2D eigenvalue weighted by molar-refractivity contribution is -0.111. The average molecular weight is 272 g/mol. The summed E-state index contributed by atoms with van der Waals surface area (Å²) in [5.74, 6) is 0.159. The minimum Gasteiger partial charge on any atom is -0.288 e. The molecule has 1 nitrogen and oxygen atoms in total. The van der Waals surface area contributed by atoms with E-state index in [9.17, 15) is 4.79 Å². The van der Waals surface area contributed by atoms with E-state index in [0.717, 1.165) is 21.6 Å². The first-order chi connectivity index (χ1) is 8.76. The van der Waals surface area contributed by atoms with Gasteiger partial charge in [-0.2, -0.15) is 0 Å². The van der Waals surface area contributed by atoms with Gasteiger partial charge < -0.3 is 0 Å². The van der Waals surface area contributed by atoms with Crippen LogP contribution in [0.15, 0.2) is 45.7 Å². The van der Waals surface area contributed by atoms with Gasteiger partial charge in [-0.1, -0.05) is 24.3 Å². The molecule has 0 radical (unpaired) electrons. The molecule has 0 unspecified atom stereocenters. The number of carbonyl (C=O) groups excluding carboxylic acids is 1. The number of thioether (sulfide) groups is 2. The molecule has 0 aromatic heterocycles. The molecule has 0 heterocycles. The van der Waals surface area contributed by atoms with Gasteiger partial charge in [-0.15, -0.1) is 23.5 Å². The van der Waals surface area contributed by atoms with Crippen LogP contribution in [0.3, 0.4) is 0 Å². The van der Waals surface area contributed by atoms with E-state index >= 15 is 0 Å². The van der Waals surface area contributed by atoms with Crippen molar-refractivity contribution in [3.63, 3.8) is 0 Å². The van der Waals surface area contributed by atoms with E-state index in [2.05, 4.69) is 18.4 Å². The average Bonchev–Trinajstić information content (AvgIpc) is 2.80. The highest BCUT2D eigenvalue weighted by Gasteiger charge is 2.31. The second-order valence-corrected chi connectivity index (χ2v) is 5.83. The number of rotatable bonds is 2. The Morgan fingerprint density at radius 1 is 1.00 bits per heavy atom. The van der Waals surface area contributed by atoms with Gasteiger partial charge in [-0.25, -0.2) is 0 Å². The van der Waals surface area contributed by atoms with Crippen LogP contribution in [0.25, 0.3) is 11.6 Å². The summed E-state index contributed by atoms with van der Waals surface area (Å²) >= 11 is 3.23. The third-order valence-electron chi connectivity index (χ3n) is 3.22. The maximum Gasteiger partial charge on any atom is 0.200 e. The quantitative estimate of drug-likeness (QED) is 0.810. The molecule has 3 heteroatoms. The molecule has 0 bridgehead atoms. The molecule has 90 valence electrons. The Kier molecular flexibility index (Phi) is 2.96. The maximum atomic E-state index is 12.4. The summed E-state index contributed by atoms with van der Waals surface area (Å²) in [6.45, 7) is 0. The number of hydrogen-bond donors (Lipinski definition) is 0. The smallest absolute Gasteiger partial charge is 0.200 e. The van der Waals surface area contributed by atoms with E-state index in [0.29, 0.717) is 0 Å². The molecule has 0 amide bonds. The number of ketones is 1. The van der Waals surface area contributed by atoms with Gasteiger partial charge in [0.25, 0.3) is 0 Å². The number of hydrogen-bond acceptors (Lipinski definition) is 3. The van der Waals surface area contributed by atoms with Crippen molar-refractivity contribution in [1.82, 2.24) is 0 Å². The molecule has 0 saturated heterocycles. The summed E-state index contributed by atoms with van der Waals surface area (Å²) in [5.41, 5.74) is 4.30. The molecule has 18 heavy (non-hydrogen) atoms. The Bertz CT molecular complexity index is 636. The van der Waals surface area contributed by atoms with E-state index in [-0.39, 0.29) is 5.78 Å². The third-order valence-corrected chi connectivity index (χ3v) is 4.72. The van der Waals surface area contributed by atoms with Crippen molar-refractivity contribution in [3.05, 3.63) is 56.9 Å². The Morgan fingerprint density at radius 2 is 1.78 bits per heavy atom. The highest BCUT2D eigenvalue weighted by atomic mass is 32.2. The van der Waals surface area contributed by atoms with Crippen LogP contribution >= 0.6 is 23.5 Å². The molecular formula is C15H12OS2. The van der Waals surface area contributed by atoms with Crippen molar-refractivity contribution in [1.29, 1.82) is 0 Å². The van der Waals surface area contributed by atoms with Crippen LogP contribution in [0, 0.1) is 0 Å². The summed E-state index contributed by atoms with van der Waals surface area (Å²) in [4.78, 5) is 14.4. The molecule has 1 aromatic rings. The monoisotopic (exact) mass is 272 g/mol. The summed E-state index contributed by atoms with van der Waals surface area (Å²) in [5, 5.41) is 0. The van der Waals surface area contributed by atoms with E-state index in [1.54, 1.807) is 11.8 Å². The first kappa shape index (κ1) is 11.9. The Balaban J connectivity index is 2.27. The third kappa shape index (κ3) is 1.62. The largest absolute Gasteiger partial charge is 0.288 e. The van der Waals surface area contributed by atoms with Gasteiger partial charge >= 0.3 is 0 Å². The Labute approximate surface area is 115 Å². The van der Waals surface area contributed by atoms with Crippen LogP contribution in [0.2, 0.25) is 0 Å². The highest BCUT2D eigenvalue weighted by Crippen LogP contribution is 2.46. The van der Waals surface area contributed by atoms with Crippen molar-refractivity contribution in [2.45, 2.75) is 0 Å². The fourth-order valence-electron chi connectivity index (χ4n) is 2.37. The van der Waals surface area contributed by atoms with E-state index in [4.69, 9.17) is 0 Å². The molecule has 2 aliphatic carbocycles. The standard InChI is InChI=1S/C15H12OS2/c1-17-12-8-13(18-2)15(16)11-7-9-5-3-4-6-10(9)14(11)12/h3-8H,1-2H3. The van der Waals surface area contributed by atoms with Crippen molar-refractivity contribution in [2.24, 2.45) is 0 Å². The molecule has 0 fully saturated rings. The lowest BCUT2D eigenvalue weighted by atomic mass is 9.96. The molecular weight excluding hydrogens is 260 g/mol. The summed E-state index contributed by atoms with van der Waals surface area (Å²) < 4.78 is 0. The van der Waals surface area contributed by atoms with Crippen molar-refractivity contribution in [2.75, 3.05) is 12.5 Å². The zero-order valence-corrected chi connectivity index (χ0v) is 11.8. The lowest BCUT2D eigenvalue weighted by Crippen LogP contribution is -2.09. The van der Waals surface area contributed by atoms with Gasteiger partial charge in [0.15, 0.2) is 5.78 Å². The molecule has 0 atom stereocenters. The first-order valence-corrected chi connectivity index (χ1v) is 8.11. The zero-order valence-electron chi connectivity index (χ0n) is 10.2. The van der Waals surface area contributed by atoms with E-state index < -0.39 is 0 Å². The van der Waals surface area contributed by atoms with Gasteiger partial charge in [0.1, 0.15) is 0 Å². The first-order valence-electron chi connectivity index (χ1n) is 5.66. The molecule has 0 saturated carbocycles.